The lowest BCUT2D eigenvalue weighted by molar-refractivity contribution is 0.285. The first-order valence-corrected chi connectivity index (χ1v) is 9.52. The molecule has 1 aromatic heterocycles. The number of rotatable bonds is 9. The van der Waals surface area contributed by atoms with Crippen LogP contribution in [-0.4, -0.2) is 32.1 Å². The van der Waals surface area contributed by atoms with Gasteiger partial charge in [0.05, 0.1) is 11.5 Å². The second-order valence-corrected chi connectivity index (χ2v) is 7.61. The number of nitrogens with one attached hydrogen (secondary N) is 1. The van der Waals surface area contributed by atoms with Gasteiger partial charge in [-0.2, -0.15) is 11.8 Å². The summed E-state index contributed by atoms with van der Waals surface area (Å²) < 4.78 is 26.3. The molecular formula is C11H19NO3S3. The van der Waals surface area contributed by atoms with Crippen molar-refractivity contribution in [2.75, 3.05) is 18.6 Å². The average Bonchev–Trinajstić information content (AvgIpc) is 2.83. The fourth-order valence-corrected chi connectivity index (χ4v) is 4.12. The number of sulfonamides is 1. The summed E-state index contributed by atoms with van der Waals surface area (Å²) >= 11 is 3.06. The standard InChI is InChI=1S/C11H19NO3S3/c1-16-6-4-2-3-5-12-18(14,15)11-7-10(8-13)17-9-11/h7,9,12-13H,2-6,8H2,1H3. The number of hydrogen-bond donors (Lipinski definition) is 2. The largest absolute Gasteiger partial charge is 0.391 e. The smallest absolute Gasteiger partial charge is 0.241 e. The second kappa shape index (κ2) is 8.16. The maximum atomic E-state index is 11.9. The van der Waals surface area contributed by atoms with Gasteiger partial charge in [0.2, 0.25) is 10.0 Å². The van der Waals surface area contributed by atoms with Gasteiger partial charge in [-0.05, 0) is 30.9 Å². The van der Waals surface area contributed by atoms with Gasteiger partial charge in [-0.3, -0.25) is 0 Å². The van der Waals surface area contributed by atoms with Crippen LogP contribution in [0, 0.1) is 0 Å². The summed E-state index contributed by atoms with van der Waals surface area (Å²) in [6, 6.07) is 1.51. The number of aliphatic hydroxyl groups is 1. The molecule has 2 N–H and O–H groups in total. The molecule has 0 saturated heterocycles. The van der Waals surface area contributed by atoms with E-state index in [0.29, 0.717) is 11.4 Å². The van der Waals surface area contributed by atoms with Crippen molar-refractivity contribution in [2.45, 2.75) is 30.8 Å². The zero-order valence-corrected chi connectivity index (χ0v) is 12.8. The summed E-state index contributed by atoms with van der Waals surface area (Å²) in [6.45, 7) is 0.357. The summed E-state index contributed by atoms with van der Waals surface area (Å²) in [6.07, 6.45) is 5.08. The lowest BCUT2D eigenvalue weighted by Crippen LogP contribution is -2.24. The minimum absolute atomic E-state index is 0.116. The average molecular weight is 309 g/mol. The molecule has 1 rings (SSSR count). The van der Waals surface area contributed by atoms with Crippen molar-refractivity contribution in [1.82, 2.24) is 4.72 Å². The Kier molecular flexibility index (Phi) is 7.25. The third kappa shape index (κ3) is 5.27. The molecule has 0 bridgehead atoms. The van der Waals surface area contributed by atoms with Crippen LogP contribution in [0.1, 0.15) is 24.1 Å². The quantitative estimate of drug-likeness (QED) is 0.685. The van der Waals surface area contributed by atoms with Crippen LogP contribution in [0.15, 0.2) is 16.3 Å². The van der Waals surface area contributed by atoms with Crippen LogP contribution in [0.5, 0.6) is 0 Å². The van der Waals surface area contributed by atoms with E-state index in [1.807, 2.05) is 0 Å². The Bertz CT molecular complexity index is 442. The molecule has 0 unspecified atom stereocenters. The highest BCUT2D eigenvalue weighted by atomic mass is 32.2. The van der Waals surface area contributed by atoms with E-state index in [4.69, 9.17) is 5.11 Å². The summed E-state index contributed by atoms with van der Waals surface area (Å²) in [5, 5.41) is 10.5. The minimum Gasteiger partial charge on any atom is -0.391 e. The predicted molar refractivity (Wildman–Crippen MR) is 77.7 cm³/mol. The van der Waals surface area contributed by atoms with Gasteiger partial charge >= 0.3 is 0 Å². The van der Waals surface area contributed by atoms with Gasteiger partial charge in [-0.1, -0.05) is 6.42 Å². The molecule has 1 aromatic rings. The Hall–Kier alpha value is -0.0800. The summed E-state index contributed by atoms with van der Waals surface area (Å²) in [5.74, 6) is 1.12. The molecule has 0 atom stereocenters. The van der Waals surface area contributed by atoms with Crippen molar-refractivity contribution < 1.29 is 13.5 Å². The molecule has 0 fully saturated rings. The molecule has 18 heavy (non-hydrogen) atoms. The third-order valence-electron chi connectivity index (χ3n) is 2.41. The maximum absolute atomic E-state index is 11.9. The van der Waals surface area contributed by atoms with Crippen LogP contribution in [0.3, 0.4) is 0 Å². The Morgan fingerprint density at radius 1 is 1.39 bits per heavy atom. The van der Waals surface area contributed by atoms with Gasteiger partial charge in [0.1, 0.15) is 0 Å². The van der Waals surface area contributed by atoms with Crippen molar-refractivity contribution in [3.63, 3.8) is 0 Å². The van der Waals surface area contributed by atoms with Gasteiger partial charge in [-0.15, -0.1) is 11.3 Å². The SMILES string of the molecule is CSCCCCCNS(=O)(=O)c1csc(CO)c1. The first-order valence-electron chi connectivity index (χ1n) is 5.77. The molecule has 4 nitrogen and oxygen atoms in total. The molecule has 0 radical (unpaired) electrons. The van der Waals surface area contributed by atoms with E-state index in [-0.39, 0.29) is 11.5 Å². The van der Waals surface area contributed by atoms with Gasteiger partial charge in [0, 0.05) is 16.8 Å². The van der Waals surface area contributed by atoms with E-state index in [9.17, 15) is 8.42 Å². The first-order chi connectivity index (χ1) is 8.60. The summed E-state index contributed by atoms with van der Waals surface area (Å²) in [7, 11) is -3.40. The van der Waals surface area contributed by atoms with Crippen LogP contribution < -0.4 is 4.72 Å². The number of thioether (sulfide) groups is 1. The Labute approximate surface area is 117 Å². The van der Waals surface area contributed by atoms with Crippen molar-refractivity contribution in [3.8, 4) is 0 Å². The van der Waals surface area contributed by atoms with Crippen LogP contribution >= 0.6 is 23.1 Å². The van der Waals surface area contributed by atoms with Gasteiger partial charge in [0.15, 0.2) is 0 Å². The zero-order valence-electron chi connectivity index (χ0n) is 10.4. The number of hydrogen-bond acceptors (Lipinski definition) is 5. The molecule has 0 aliphatic rings. The molecule has 104 valence electrons. The Balaban J connectivity index is 2.36. The molecule has 7 heteroatoms. The number of thiophene rings is 1. The first kappa shape index (κ1) is 16.0. The summed E-state index contributed by atoms with van der Waals surface area (Å²) in [5.41, 5.74) is 0. The van der Waals surface area contributed by atoms with Crippen LogP contribution in [0.2, 0.25) is 0 Å². The second-order valence-electron chi connectivity index (χ2n) is 3.86. The van der Waals surface area contributed by atoms with Gasteiger partial charge in [0.25, 0.3) is 0 Å². The highest BCUT2D eigenvalue weighted by molar-refractivity contribution is 7.98. The van der Waals surface area contributed by atoms with Crippen LogP contribution in [0.25, 0.3) is 0 Å². The molecule has 0 amide bonds. The number of unbranched alkanes of at least 4 members (excludes halogenated alkanes) is 2. The third-order valence-corrected chi connectivity index (χ3v) is 5.62. The lowest BCUT2D eigenvalue weighted by Gasteiger charge is -2.04. The predicted octanol–water partition coefficient (Wildman–Crippen LogP) is 2.05. The van der Waals surface area contributed by atoms with E-state index in [1.54, 1.807) is 17.1 Å². The van der Waals surface area contributed by atoms with Crippen molar-refractivity contribution in [2.24, 2.45) is 0 Å². The van der Waals surface area contributed by atoms with Crippen LogP contribution in [-0.2, 0) is 16.6 Å². The topological polar surface area (TPSA) is 66.4 Å². The van der Waals surface area contributed by atoms with E-state index < -0.39 is 10.0 Å². The normalized spacial score (nSPS) is 11.9. The van der Waals surface area contributed by atoms with Crippen LogP contribution in [0.4, 0.5) is 0 Å². The molecule has 0 spiro atoms. The molecule has 1 heterocycles. The fourth-order valence-electron chi connectivity index (χ4n) is 1.42. The Morgan fingerprint density at radius 3 is 2.78 bits per heavy atom. The fraction of sp³-hybridized carbons (Fsp3) is 0.636. The van der Waals surface area contributed by atoms with E-state index in [1.165, 1.54) is 17.4 Å². The van der Waals surface area contributed by atoms with E-state index in [2.05, 4.69) is 11.0 Å². The molecule has 0 aliphatic heterocycles. The summed E-state index contributed by atoms with van der Waals surface area (Å²) in [4.78, 5) is 0.913. The molecule has 0 saturated carbocycles. The molecule has 0 aromatic carbocycles. The van der Waals surface area contributed by atoms with Gasteiger partial charge < -0.3 is 5.11 Å². The van der Waals surface area contributed by atoms with Crippen molar-refractivity contribution in [1.29, 1.82) is 0 Å². The van der Waals surface area contributed by atoms with Crippen molar-refractivity contribution in [3.05, 3.63) is 16.3 Å². The van der Waals surface area contributed by atoms with E-state index in [0.717, 1.165) is 25.0 Å². The highest BCUT2D eigenvalue weighted by Crippen LogP contribution is 2.18. The zero-order chi connectivity index (χ0) is 13.4. The van der Waals surface area contributed by atoms with Gasteiger partial charge in [-0.25, -0.2) is 13.1 Å². The maximum Gasteiger partial charge on any atom is 0.241 e. The Morgan fingerprint density at radius 2 is 2.17 bits per heavy atom. The van der Waals surface area contributed by atoms with Crippen molar-refractivity contribution >= 4 is 33.1 Å². The lowest BCUT2D eigenvalue weighted by atomic mass is 10.2. The monoisotopic (exact) mass is 309 g/mol. The molecular weight excluding hydrogens is 290 g/mol. The number of aliphatic hydroxyl groups excluding tert-OH is 1. The highest BCUT2D eigenvalue weighted by Gasteiger charge is 2.15. The minimum atomic E-state index is -3.40. The molecule has 0 aliphatic carbocycles. The van der Waals surface area contributed by atoms with E-state index >= 15 is 0 Å².